The molecule has 134 valence electrons. The standard InChI is InChI=1S/C16H18N2O5S2/c1-10-3-4-12(22-2)11(7-10)15(21)23-8-13(19)17-5-6-18-14(20)9-25-16(18)24/h3-4,7H,5-6,8-9H2,1-2H3,(H,17,19). The van der Waals surface area contributed by atoms with Gasteiger partial charge in [-0.2, -0.15) is 0 Å². The number of carbonyl (C=O) groups is 3. The average molecular weight is 382 g/mol. The minimum atomic E-state index is -0.636. The number of benzene rings is 1. The Kier molecular flexibility index (Phi) is 6.77. The molecule has 7 nitrogen and oxygen atoms in total. The van der Waals surface area contributed by atoms with Crippen molar-refractivity contribution in [1.82, 2.24) is 10.2 Å². The number of rotatable bonds is 7. The predicted octanol–water partition coefficient (Wildman–Crippen LogP) is 1.14. The molecule has 2 amide bonds. The van der Waals surface area contributed by atoms with Gasteiger partial charge in [0.05, 0.1) is 12.9 Å². The van der Waals surface area contributed by atoms with Crippen LogP contribution in [0.15, 0.2) is 18.2 Å². The zero-order chi connectivity index (χ0) is 18.4. The van der Waals surface area contributed by atoms with Crippen molar-refractivity contribution in [2.24, 2.45) is 0 Å². The normalized spacial score (nSPS) is 13.8. The number of thiocarbonyl (C=S) groups is 1. The maximum atomic E-state index is 12.1. The van der Waals surface area contributed by atoms with Crippen LogP contribution in [0.3, 0.4) is 0 Å². The number of nitrogens with one attached hydrogen (secondary N) is 1. The molecule has 1 aliphatic rings. The van der Waals surface area contributed by atoms with Crippen LogP contribution >= 0.6 is 24.0 Å². The fourth-order valence-corrected chi connectivity index (χ4v) is 3.27. The molecule has 9 heteroatoms. The first kappa shape index (κ1) is 19.2. The number of aryl methyl sites for hydroxylation is 1. The molecule has 0 aliphatic carbocycles. The zero-order valence-electron chi connectivity index (χ0n) is 13.9. The molecule has 0 spiro atoms. The van der Waals surface area contributed by atoms with Gasteiger partial charge in [0.15, 0.2) is 6.61 Å². The maximum Gasteiger partial charge on any atom is 0.342 e. The number of methoxy groups -OCH3 is 1. The Bertz CT molecular complexity index is 692. The van der Waals surface area contributed by atoms with E-state index in [0.29, 0.717) is 22.4 Å². The van der Waals surface area contributed by atoms with Crippen LogP contribution in [-0.4, -0.2) is 59.6 Å². The van der Waals surface area contributed by atoms with E-state index < -0.39 is 18.5 Å². The number of esters is 1. The summed E-state index contributed by atoms with van der Waals surface area (Å²) in [5.74, 6) is -0.437. The number of nitrogens with zero attached hydrogens (tertiary/aromatic N) is 1. The number of hydrogen-bond donors (Lipinski definition) is 1. The summed E-state index contributed by atoms with van der Waals surface area (Å²) in [6.07, 6.45) is 0. The Balaban J connectivity index is 1.78. The van der Waals surface area contributed by atoms with Crippen LogP contribution < -0.4 is 10.1 Å². The fraction of sp³-hybridized carbons (Fsp3) is 0.375. The Morgan fingerprint density at radius 1 is 1.40 bits per heavy atom. The minimum absolute atomic E-state index is 0.0674. The van der Waals surface area contributed by atoms with Gasteiger partial charge < -0.3 is 14.8 Å². The van der Waals surface area contributed by atoms with E-state index in [9.17, 15) is 14.4 Å². The lowest BCUT2D eigenvalue weighted by molar-refractivity contribution is -0.126. The summed E-state index contributed by atoms with van der Waals surface area (Å²) in [6, 6.07) is 5.11. The lowest BCUT2D eigenvalue weighted by Crippen LogP contribution is -2.38. The fourth-order valence-electron chi connectivity index (χ4n) is 2.15. The molecular formula is C16H18N2O5S2. The van der Waals surface area contributed by atoms with Gasteiger partial charge in [-0.15, -0.1) is 0 Å². The summed E-state index contributed by atoms with van der Waals surface area (Å²) < 4.78 is 10.6. The molecule has 1 heterocycles. The van der Waals surface area contributed by atoms with Crippen molar-refractivity contribution >= 4 is 46.1 Å². The molecule has 0 atom stereocenters. The van der Waals surface area contributed by atoms with E-state index in [4.69, 9.17) is 21.7 Å². The topological polar surface area (TPSA) is 84.9 Å². The van der Waals surface area contributed by atoms with Gasteiger partial charge in [0.2, 0.25) is 5.91 Å². The van der Waals surface area contributed by atoms with Gasteiger partial charge >= 0.3 is 5.97 Å². The molecule has 0 aromatic heterocycles. The van der Waals surface area contributed by atoms with Crippen LogP contribution in [0.2, 0.25) is 0 Å². The highest BCUT2D eigenvalue weighted by atomic mass is 32.2. The van der Waals surface area contributed by atoms with E-state index >= 15 is 0 Å². The number of carbonyl (C=O) groups excluding carboxylic acids is 3. The molecule has 0 bridgehead atoms. The van der Waals surface area contributed by atoms with Crippen molar-refractivity contribution in [3.8, 4) is 5.75 Å². The van der Waals surface area contributed by atoms with Crippen LogP contribution in [0.4, 0.5) is 0 Å². The Morgan fingerprint density at radius 3 is 2.80 bits per heavy atom. The van der Waals surface area contributed by atoms with Crippen molar-refractivity contribution in [2.45, 2.75) is 6.92 Å². The molecule has 0 saturated carbocycles. The van der Waals surface area contributed by atoms with Gasteiger partial charge in [-0.05, 0) is 19.1 Å². The average Bonchev–Trinajstić information content (AvgIpc) is 2.91. The molecule has 1 saturated heterocycles. The monoisotopic (exact) mass is 382 g/mol. The van der Waals surface area contributed by atoms with Crippen molar-refractivity contribution in [3.63, 3.8) is 0 Å². The molecule has 2 rings (SSSR count). The van der Waals surface area contributed by atoms with E-state index in [1.807, 2.05) is 13.0 Å². The first-order valence-electron chi connectivity index (χ1n) is 7.48. The lowest BCUT2D eigenvalue weighted by atomic mass is 10.1. The zero-order valence-corrected chi connectivity index (χ0v) is 15.5. The third-order valence-electron chi connectivity index (χ3n) is 3.41. The Hall–Kier alpha value is -2.13. The van der Waals surface area contributed by atoms with Gasteiger partial charge in [-0.3, -0.25) is 14.5 Å². The van der Waals surface area contributed by atoms with Gasteiger partial charge in [0.25, 0.3) is 5.91 Å². The number of thioether (sulfide) groups is 1. The van der Waals surface area contributed by atoms with Crippen molar-refractivity contribution in [3.05, 3.63) is 29.3 Å². The second-order valence-corrected chi connectivity index (χ2v) is 6.84. The molecule has 0 unspecified atom stereocenters. The first-order chi connectivity index (χ1) is 11.9. The minimum Gasteiger partial charge on any atom is -0.496 e. The van der Waals surface area contributed by atoms with Crippen molar-refractivity contribution in [1.29, 1.82) is 0 Å². The summed E-state index contributed by atoms with van der Waals surface area (Å²) in [5, 5.41) is 2.59. The predicted molar refractivity (Wildman–Crippen MR) is 97.8 cm³/mol. The quantitative estimate of drug-likeness (QED) is 0.559. The number of ether oxygens (including phenoxy) is 2. The Morgan fingerprint density at radius 2 is 2.16 bits per heavy atom. The van der Waals surface area contributed by atoms with Gasteiger partial charge in [-0.25, -0.2) is 4.79 Å². The molecule has 1 aromatic rings. The summed E-state index contributed by atoms with van der Waals surface area (Å²) in [6.45, 7) is 1.96. The van der Waals surface area contributed by atoms with E-state index in [0.717, 1.165) is 5.56 Å². The van der Waals surface area contributed by atoms with Crippen LogP contribution in [0.25, 0.3) is 0 Å². The SMILES string of the molecule is COc1ccc(C)cc1C(=O)OCC(=O)NCCN1C(=O)CSC1=S. The molecular weight excluding hydrogens is 364 g/mol. The highest BCUT2D eigenvalue weighted by Crippen LogP contribution is 2.20. The number of amides is 2. The van der Waals surface area contributed by atoms with E-state index in [1.165, 1.54) is 23.8 Å². The second kappa shape index (κ2) is 8.82. The summed E-state index contributed by atoms with van der Waals surface area (Å²) in [7, 11) is 1.45. The lowest BCUT2D eigenvalue weighted by Gasteiger charge is -2.15. The summed E-state index contributed by atoms with van der Waals surface area (Å²) >= 11 is 6.35. The highest BCUT2D eigenvalue weighted by molar-refractivity contribution is 8.23. The smallest absolute Gasteiger partial charge is 0.342 e. The molecule has 1 N–H and O–H groups in total. The molecule has 25 heavy (non-hydrogen) atoms. The van der Waals surface area contributed by atoms with Crippen LogP contribution in [0.5, 0.6) is 5.75 Å². The second-order valence-electron chi connectivity index (χ2n) is 5.23. The molecule has 0 radical (unpaired) electrons. The van der Waals surface area contributed by atoms with Crippen molar-refractivity contribution < 1.29 is 23.9 Å². The third-order valence-corrected chi connectivity index (χ3v) is 4.84. The van der Waals surface area contributed by atoms with Crippen molar-refractivity contribution in [2.75, 3.05) is 32.6 Å². The van der Waals surface area contributed by atoms with Crippen LogP contribution in [0, 0.1) is 6.92 Å². The Labute approximate surface area is 155 Å². The van der Waals surface area contributed by atoms with E-state index in [1.54, 1.807) is 12.1 Å². The van der Waals surface area contributed by atoms with Gasteiger partial charge in [0, 0.05) is 13.1 Å². The first-order valence-corrected chi connectivity index (χ1v) is 8.87. The third kappa shape index (κ3) is 5.17. The van der Waals surface area contributed by atoms with E-state index in [-0.39, 0.29) is 18.0 Å². The summed E-state index contributed by atoms with van der Waals surface area (Å²) in [4.78, 5) is 36.9. The van der Waals surface area contributed by atoms with Crippen LogP contribution in [-0.2, 0) is 14.3 Å². The van der Waals surface area contributed by atoms with Gasteiger partial charge in [-0.1, -0.05) is 35.6 Å². The molecule has 1 aromatic carbocycles. The van der Waals surface area contributed by atoms with Crippen LogP contribution in [0.1, 0.15) is 15.9 Å². The number of hydrogen-bond acceptors (Lipinski definition) is 7. The molecule has 1 fully saturated rings. The largest absolute Gasteiger partial charge is 0.496 e. The van der Waals surface area contributed by atoms with E-state index in [2.05, 4.69) is 5.32 Å². The summed E-state index contributed by atoms with van der Waals surface area (Å²) in [5.41, 5.74) is 1.14. The van der Waals surface area contributed by atoms with Gasteiger partial charge in [0.1, 0.15) is 15.6 Å². The maximum absolute atomic E-state index is 12.1. The highest BCUT2D eigenvalue weighted by Gasteiger charge is 2.26. The molecule has 1 aliphatic heterocycles.